The Hall–Kier alpha value is -2.49. The lowest BCUT2D eigenvalue weighted by atomic mass is 10.1. The summed E-state index contributed by atoms with van der Waals surface area (Å²) < 4.78 is 1.34. The van der Waals surface area contributed by atoms with Crippen molar-refractivity contribution in [2.45, 2.75) is 19.8 Å². The largest absolute Gasteiger partial charge is 0.293 e. The van der Waals surface area contributed by atoms with Gasteiger partial charge in [-0.15, -0.1) is 0 Å². The maximum absolute atomic E-state index is 12.6. The molecule has 2 aromatic carbocycles. The molecule has 3 amide bonds. The number of carbonyl (C=O) groups is 3. The van der Waals surface area contributed by atoms with Gasteiger partial charge < -0.3 is 0 Å². The SMILES string of the molecule is Cc1ccc(C=C2SC(=S)N(CCCC(=O)NNC(=O)c3ccc(Br)cc3)C2=O)cc1. The monoisotopic (exact) mass is 517 g/mol. The highest BCUT2D eigenvalue weighted by molar-refractivity contribution is 9.10. The molecule has 0 atom stereocenters. The predicted molar refractivity (Wildman–Crippen MR) is 130 cm³/mol. The van der Waals surface area contributed by atoms with Crippen LogP contribution in [0.5, 0.6) is 0 Å². The second-order valence-electron chi connectivity index (χ2n) is 6.86. The first-order valence-electron chi connectivity index (χ1n) is 9.50. The highest BCUT2D eigenvalue weighted by atomic mass is 79.9. The summed E-state index contributed by atoms with van der Waals surface area (Å²) in [5.41, 5.74) is 7.28. The average molecular weight is 518 g/mol. The zero-order valence-electron chi connectivity index (χ0n) is 16.7. The summed E-state index contributed by atoms with van der Waals surface area (Å²) in [7, 11) is 0. The number of benzene rings is 2. The van der Waals surface area contributed by atoms with Crippen LogP contribution in [0.1, 0.15) is 34.3 Å². The molecular formula is C22H20BrN3O3S2. The number of hydrogen-bond acceptors (Lipinski definition) is 5. The fraction of sp³-hybridized carbons (Fsp3) is 0.182. The van der Waals surface area contributed by atoms with Gasteiger partial charge >= 0.3 is 0 Å². The van der Waals surface area contributed by atoms with E-state index in [9.17, 15) is 14.4 Å². The summed E-state index contributed by atoms with van der Waals surface area (Å²) in [5, 5.41) is 0. The van der Waals surface area contributed by atoms with Crippen molar-refractivity contribution in [2.75, 3.05) is 6.54 Å². The van der Waals surface area contributed by atoms with Crippen molar-refractivity contribution in [3.05, 3.63) is 74.6 Å². The van der Waals surface area contributed by atoms with Crippen LogP contribution in [0.3, 0.4) is 0 Å². The van der Waals surface area contributed by atoms with Crippen LogP contribution in [0.2, 0.25) is 0 Å². The first kappa shape index (κ1) is 23.2. The number of thioether (sulfide) groups is 1. The van der Waals surface area contributed by atoms with Crippen molar-refractivity contribution in [2.24, 2.45) is 0 Å². The molecular weight excluding hydrogens is 498 g/mol. The van der Waals surface area contributed by atoms with E-state index >= 15 is 0 Å². The average Bonchev–Trinajstić information content (AvgIpc) is 3.01. The topological polar surface area (TPSA) is 78.5 Å². The minimum absolute atomic E-state index is 0.148. The van der Waals surface area contributed by atoms with E-state index < -0.39 is 5.91 Å². The van der Waals surface area contributed by atoms with Crippen LogP contribution in [0, 0.1) is 6.92 Å². The molecule has 1 fully saturated rings. The lowest BCUT2D eigenvalue weighted by molar-refractivity contribution is -0.124. The van der Waals surface area contributed by atoms with E-state index in [1.54, 1.807) is 24.3 Å². The lowest BCUT2D eigenvalue weighted by Crippen LogP contribution is -2.41. The van der Waals surface area contributed by atoms with Crippen LogP contribution in [0.4, 0.5) is 0 Å². The van der Waals surface area contributed by atoms with E-state index in [0.29, 0.717) is 27.8 Å². The Labute approximate surface area is 198 Å². The number of carbonyl (C=O) groups excluding carboxylic acids is 3. The molecule has 6 nitrogen and oxygen atoms in total. The van der Waals surface area contributed by atoms with Gasteiger partial charge in [-0.3, -0.25) is 30.1 Å². The van der Waals surface area contributed by atoms with Gasteiger partial charge in [0.05, 0.1) is 4.91 Å². The number of nitrogens with one attached hydrogen (secondary N) is 2. The number of nitrogens with zero attached hydrogens (tertiary/aromatic N) is 1. The van der Waals surface area contributed by atoms with Gasteiger partial charge in [-0.25, -0.2) is 0 Å². The number of halogens is 1. The molecule has 2 aromatic rings. The molecule has 31 heavy (non-hydrogen) atoms. The van der Waals surface area contributed by atoms with Crippen molar-refractivity contribution < 1.29 is 14.4 Å². The molecule has 0 aromatic heterocycles. The Morgan fingerprint density at radius 1 is 1.10 bits per heavy atom. The quantitative estimate of drug-likeness (QED) is 0.341. The number of hydrazine groups is 1. The Balaban J connectivity index is 1.45. The van der Waals surface area contributed by atoms with Crippen molar-refractivity contribution >= 4 is 68.0 Å². The lowest BCUT2D eigenvalue weighted by Gasteiger charge is -2.14. The normalized spacial score (nSPS) is 14.8. The maximum atomic E-state index is 12.6. The van der Waals surface area contributed by atoms with Crippen LogP contribution in [-0.4, -0.2) is 33.5 Å². The minimum atomic E-state index is -0.404. The molecule has 3 rings (SSSR count). The fourth-order valence-corrected chi connectivity index (χ4v) is 4.34. The van der Waals surface area contributed by atoms with Crippen LogP contribution >= 0.6 is 39.9 Å². The van der Waals surface area contributed by atoms with Gasteiger partial charge in [-0.1, -0.05) is 69.7 Å². The molecule has 160 valence electrons. The summed E-state index contributed by atoms with van der Waals surface area (Å²) in [6, 6.07) is 14.7. The van der Waals surface area contributed by atoms with E-state index in [1.165, 1.54) is 16.7 Å². The number of hydrogen-bond donors (Lipinski definition) is 2. The molecule has 0 unspecified atom stereocenters. The number of rotatable bonds is 6. The van der Waals surface area contributed by atoms with Crippen molar-refractivity contribution in [3.63, 3.8) is 0 Å². The van der Waals surface area contributed by atoms with Gasteiger partial charge in [-0.2, -0.15) is 0 Å². The molecule has 0 spiro atoms. The third-order valence-electron chi connectivity index (χ3n) is 4.46. The minimum Gasteiger partial charge on any atom is -0.293 e. The van der Waals surface area contributed by atoms with E-state index in [0.717, 1.165) is 15.6 Å². The molecule has 0 aliphatic carbocycles. The maximum Gasteiger partial charge on any atom is 0.269 e. The van der Waals surface area contributed by atoms with Gasteiger partial charge in [0.25, 0.3) is 11.8 Å². The highest BCUT2D eigenvalue weighted by Crippen LogP contribution is 2.32. The van der Waals surface area contributed by atoms with Crippen LogP contribution in [-0.2, 0) is 9.59 Å². The third kappa shape index (κ3) is 6.49. The van der Waals surface area contributed by atoms with Crippen molar-refractivity contribution in [3.8, 4) is 0 Å². The number of aryl methyl sites for hydroxylation is 1. The predicted octanol–water partition coefficient (Wildman–Crippen LogP) is 4.20. The van der Waals surface area contributed by atoms with Crippen molar-refractivity contribution in [1.29, 1.82) is 0 Å². The standard InChI is InChI=1S/C22H20BrN3O3S2/c1-14-4-6-15(7-5-14)13-18-21(29)26(22(30)31-18)12-2-3-19(27)24-25-20(28)16-8-10-17(23)11-9-16/h4-11,13H,2-3,12H2,1H3,(H,24,27)(H,25,28). The van der Waals surface area contributed by atoms with Gasteiger partial charge in [0, 0.05) is 23.0 Å². The summed E-state index contributed by atoms with van der Waals surface area (Å²) >= 11 is 9.89. The number of amides is 3. The summed E-state index contributed by atoms with van der Waals surface area (Å²) in [6.45, 7) is 2.34. The summed E-state index contributed by atoms with van der Waals surface area (Å²) in [5.74, 6) is -0.898. The van der Waals surface area contributed by atoms with Gasteiger partial charge in [0.15, 0.2) is 0 Å². The Kier molecular flexibility index (Phi) is 8.00. The molecule has 1 heterocycles. The smallest absolute Gasteiger partial charge is 0.269 e. The molecule has 1 aliphatic rings. The molecule has 9 heteroatoms. The Bertz CT molecular complexity index is 1040. The van der Waals surface area contributed by atoms with Gasteiger partial charge in [-0.05, 0) is 49.2 Å². The zero-order chi connectivity index (χ0) is 22.4. The second kappa shape index (κ2) is 10.7. The van der Waals surface area contributed by atoms with Crippen LogP contribution < -0.4 is 10.9 Å². The zero-order valence-corrected chi connectivity index (χ0v) is 19.9. The fourth-order valence-electron chi connectivity index (χ4n) is 2.77. The van der Waals surface area contributed by atoms with E-state index in [2.05, 4.69) is 26.8 Å². The molecule has 2 N–H and O–H groups in total. The molecule has 1 saturated heterocycles. The second-order valence-corrected chi connectivity index (χ2v) is 9.45. The summed E-state index contributed by atoms with van der Waals surface area (Å²) in [6.07, 6.45) is 2.39. The summed E-state index contributed by atoms with van der Waals surface area (Å²) in [4.78, 5) is 38.8. The Morgan fingerprint density at radius 3 is 2.45 bits per heavy atom. The number of thiocarbonyl (C=S) groups is 1. The van der Waals surface area contributed by atoms with E-state index in [4.69, 9.17) is 12.2 Å². The van der Waals surface area contributed by atoms with Crippen LogP contribution in [0.15, 0.2) is 57.9 Å². The highest BCUT2D eigenvalue weighted by Gasteiger charge is 2.31. The molecule has 0 radical (unpaired) electrons. The van der Waals surface area contributed by atoms with Gasteiger partial charge in [0.2, 0.25) is 5.91 Å². The third-order valence-corrected chi connectivity index (χ3v) is 6.36. The molecule has 1 aliphatic heterocycles. The molecule has 0 bridgehead atoms. The molecule has 0 saturated carbocycles. The van der Waals surface area contributed by atoms with Crippen LogP contribution in [0.25, 0.3) is 6.08 Å². The first-order valence-corrected chi connectivity index (χ1v) is 11.5. The van der Waals surface area contributed by atoms with Gasteiger partial charge in [0.1, 0.15) is 4.32 Å². The van der Waals surface area contributed by atoms with E-state index in [1.807, 2.05) is 37.3 Å². The Morgan fingerprint density at radius 2 is 1.77 bits per heavy atom. The van der Waals surface area contributed by atoms with E-state index in [-0.39, 0.29) is 18.2 Å². The van der Waals surface area contributed by atoms with Crippen molar-refractivity contribution in [1.82, 2.24) is 15.8 Å². The first-order chi connectivity index (χ1) is 14.8.